The van der Waals surface area contributed by atoms with E-state index in [4.69, 9.17) is 0 Å². The lowest BCUT2D eigenvalue weighted by Crippen LogP contribution is -2.45. The molecule has 116 valence electrons. The van der Waals surface area contributed by atoms with E-state index in [0.717, 1.165) is 18.4 Å². The molecule has 0 radical (unpaired) electrons. The van der Waals surface area contributed by atoms with Crippen LogP contribution in [0.5, 0.6) is 0 Å². The molecule has 0 N–H and O–H groups in total. The second-order valence-corrected chi connectivity index (χ2v) is 7.49. The van der Waals surface area contributed by atoms with Gasteiger partial charge in [0.25, 0.3) is 0 Å². The smallest absolute Gasteiger partial charge is 0.227 e. The zero-order valence-electron chi connectivity index (χ0n) is 12.4. The lowest BCUT2D eigenvalue weighted by molar-refractivity contribution is -0.135. The minimum atomic E-state index is -3.22. The van der Waals surface area contributed by atoms with Gasteiger partial charge in [0.2, 0.25) is 15.9 Å². The molecule has 1 aliphatic rings. The van der Waals surface area contributed by atoms with Gasteiger partial charge in [-0.15, -0.1) is 0 Å². The van der Waals surface area contributed by atoms with Gasteiger partial charge in [-0.1, -0.05) is 0 Å². The van der Waals surface area contributed by atoms with Gasteiger partial charge in [-0.25, -0.2) is 12.7 Å². The number of carbonyl (C=O) groups excluding carboxylic acids is 1. The van der Waals surface area contributed by atoms with E-state index in [9.17, 15) is 13.2 Å². The predicted octanol–water partition coefficient (Wildman–Crippen LogP) is 0.712. The summed E-state index contributed by atoms with van der Waals surface area (Å²) in [4.78, 5) is 18.1. The fourth-order valence-electron chi connectivity index (χ4n) is 2.60. The number of hydrogen-bond donors (Lipinski definition) is 0. The second kappa shape index (κ2) is 6.53. The molecule has 0 bridgehead atoms. The van der Waals surface area contributed by atoms with Gasteiger partial charge in [-0.05, 0) is 30.5 Å². The molecule has 1 amide bonds. The fraction of sp³-hybridized carbons (Fsp3) is 0.571. The van der Waals surface area contributed by atoms with Gasteiger partial charge in [-0.3, -0.25) is 9.78 Å². The Morgan fingerprint density at radius 1 is 1.43 bits per heavy atom. The first-order chi connectivity index (χ1) is 9.88. The first-order valence-electron chi connectivity index (χ1n) is 6.97. The average Bonchev–Trinajstić information content (AvgIpc) is 2.46. The van der Waals surface area contributed by atoms with Crippen LogP contribution in [0.1, 0.15) is 18.4 Å². The SMILES string of the molecule is CN(Cc1ccncc1)C(=O)C1CCCN(S(C)(=O)=O)C1. The molecular weight excluding hydrogens is 290 g/mol. The van der Waals surface area contributed by atoms with Gasteiger partial charge < -0.3 is 4.90 Å². The molecule has 2 heterocycles. The Bertz CT molecular complexity index is 589. The summed E-state index contributed by atoms with van der Waals surface area (Å²) in [7, 11) is -1.47. The zero-order chi connectivity index (χ0) is 15.5. The van der Waals surface area contributed by atoms with E-state index in [0.29, 0.717) is 19.6 Å². The molecular formula is C14H21N3O3S. The van der Waals surface area contributed by atoms with E-state index < -0.39 is 10.0 Å². The minimum absolute atomic E-state index is 0.000150. The van der Waals surface area contributed by atoms with Gasteiger partial charge in [-0.2, -0.15) is 0 Å². The maximum absolute atomic E-state index is 12.5. The number of pyridine rings is 1. The number of nitrogens with zero attached hydrogens (tertiary/aromatic N) is 3. The Balaban J connectivity index is 1.99. The van der Waals surface area contributed by atoms with Crippen molar-refractivity contribution >= 4 is 15.9 Å². The van der Waals surface area contributed by atoms with Gasteiger partial charge in [0.15, 0.2) is 0 Å². The van der Waals surface area contributed by atoms with Crippen molar-refractivity contribution in [3.63, 3.8) is 0 Å². The summed E-state index contributed by atoms with van der Waals surface area (Å²) in [6, 6.07) is 3.74. The fourth-order valence-corrected chi connectivity index (χ4v) is 3.51. The summed E-state index contributed by atoms with van der Waals surface area (Å²) >= 11 is 0. The highest BCUT2D eigenvalue weighted by atomic mass is 32.2. The number of aromatic nitrogens is 1. The number of carbonyl (C=O) groups is 1. The number of piperidine rings is 1. The summed E-state index contributed by atoms with van der Waals surface area (Å²) in [6.07, 6.45) is 6.05. The van der Waals surface area contributed by atoms with E-state index >= 15 is 0 Å². The highest BCUT2D eigenvalue weighted by Gasteiger charge is 2.31. The second-order valence-electron chi connectivity index (χ2n) is 5.51. The van der Waals surface area contributed by atoms with E-state index in [-0.39, 0.29) is 11.8 Å². The topological polar surface area (TPSA) is 70.6 Å². The molecule has 1 atom stereocenters. The Morgan fingerprint density at radius 2 is 2.10 bits per heavy atom. The van der Waals surface area contributed by atoms with Crippen LogP contribution < -0.4 is 0 Å². The van der Waals surface area contributed by atoms with Crippen LogP contribution in [0.2, 0.25) is 0 Å². The Kier molecular flexibility index (Phi) is 4.95. The quantitative estimate of drug-likeness (QED) is 0.821. The Hall–Kier alpha value is -1.47. The number of amides is 1. The van der Waals surface area contributed by atoms with Crippen molar-refractivity contribution in [2.45, 2.75) is 19.4 Å². The molecule has 2 rings (SSSR count). The molecule has 1 aliphatic heterocycles. The lowest BCUT2D eigenvalue weighted by atomic mass is 9.98. The van der Waals surface area contributed by atoms with Gasteiger partial charge in [0.05, 0.1) is 12.2 Å². The molecule has 1 fully saturated rings. The highest BCUT2D eigenvalue weighted by molar-refractivity contribution is 7.88. The molecule has 0 spiro atoms. The third-order valence-electron chi connectivity index (χ3n) is 3.75. The van der Waals surface area contributed by atoms with Crippen LogP contribution in [0.3, 0.4) is 0 Å². The molecule has 7 heteroatoms. The maximum atomic E-state index is 12.5. The number of rotatable bonds is 4. The van der Waals surface area contributed by atoms with Gasteiger partial charge in [0, 0.05) is 39.1 Å². The molecule has 21 heavy (non-hydrogen) atoms. The maximum Gasteiger partial charge on any atom is 0.227 e. The Labute approximate surface area is 125 Å². The largest absolute Gasteiger partial charge is 0.341 e. The van der Waals surface area contributed by atoms with Crippen molar-refractivity contribution in [3.8, 4) is 0 Å². The van der Waals surface area contributed by atoms with E-state index in [1.807, 2.05) is 12.1 Å². The van der Waals surface area contributed by atoms with E-state index in [2.05, 4.69) is 4.98 Å². The first-order valence-corrected chi connectivity index (χ1v) is 8.82. The van der Waals surface area contributed by atoms with E-state index in [1.165, 1.54) is 10.6 Å². The van der Waals surface area contributed by atoms with Crippen molar-refractivity contribution in [2.24, 2.45) is 5.92 Å². The van der Waals surface area contributed by atoms with Crippen LogP contribution in [0.4, 0.5) is 0 Å². The molecule has 1 aromatic heterocycles. The molecule has 1 aromatic rings. The summed E-state index contributed by atoms with van der Waals surface area (Å²) in [5.74, 6) is -0.250. The first kappa shape index (κ1) is 15.9. The van der Waals surface area contributed by atoms with Crippen LogP contribution in [-0.2, 0) is 21.4 Å². The number of sulfonamides is 1. The molecule has 1 unspecified atom stereocenters. The van der Waals surface area contributed by atoms with Crippen LogP contribution in [0.25, 0.3) is 0 Å². The molecule has 0 aromatic carbocycles. The van der Waals surface area contributed by atoms with Crippen LogP contribution >= 0.6 is 0 Å². The summed E-state index contributed by atoms with van der Waals surface area (Å²) < 4.78 is 24.6. The summed E-state index contributed by atoms with van der Waals surface area (Å²) in [5, 5.41) is 0. The third-order valence-corrected chi connectivity index (χ3v) is 5.02. The molecule has 0 saturated carbocycles. The van der Waals surface area contributed by atoms with Crippen molar-refractivity contribution in [3.05, 3.63) is 30.1 Å². The Morgan fingerprint density at radius 3 is 2.71 bits per heavy atom. The normalized spacial score (nSPS) is 20.2. The van der Waals surface area contributed by atoms with Gasteiger partial charge >= 0.3 is 0 Å². The van der Waals surface area contributed by atoms with Crippen molar-refractivity contribution < 1.29 is 13.2 Å². The summed E-state index contributed by atoms with van der Waals surface area (Å²) in [6.45, 7) is 1.31. The number of hydrogen-bond acceptors (Lipinski definition) is 4. The highest BCUT2D eigenvalue weighted by Crippen LogP contribution is 2.21. The van der Waals surface area contributed by atoms with Crippen LogP contribution in [0.15, 0.2) is 24.5 Å². The zero-order valence-corrected chi connectivity index (χ0v) is 13.2. The molecule has 0 aliphatic carbocycles. The van der Waals surface area contributed by atoms with Crippen molar-refractivity contribution in [2.75, 3.05) is 26.4 Å². The lowest BCUT2D eigenvalue weighted by Gasteiger charge is -2.32. The standard InChI is InChI=1S/C14H21N3O3S/c1-16(10-12-5-7-15-8-6-12)14(18)13-4-3-9-17(11-13)21(2,19)20/h5-8,13H,3-4,9-11H2,1-2H3. The van der Waals surface area contributed by atoms with Crippen molar-refractivity contribution in [1.82, 2.24) is 14.2 Å². The van der Waals surface area contributed by atoms with Crippen molar-refractivity contribution in [1.29, 1.82) is 0 Å². The third kappa shape index (κ3) is 4.25. The van der Waals surface area contributed by atoms with Crippen LogP contribution in [0, 0.1) is 5.92 Å². The monoisotopic (exact) mass is 311 g/mol. The summed E-state index contributed by atoms with van der Waals surface area (Å²) in [5.41, 5.74) is 1.01. The molecule has 1 saturated heterocycles. The minimum Gasteiger partial charge on any atom is -0.341 e. The predicted molar refractivity (Wildman–Crippen MR) is 79.9 cm³/mol. The van der Waals surface area contributed by atoms with E-state index in [1.54, 1.807) is 24.3 Å². The average molecular weight is 311 g/mol. The van der Waals surface area contributed by atoms with Gasteiger partial charge in [0.1, 0.15) is 0 Å². The molecule has 6 nitrogen and oxygen atoms in total. The van der Waals surface area contributed by atoms with Crippen LogP contribution in [-0.4, -0.2) is 54.9 Å².